The minimum absolute atomic E-state index is 0.164. The highest BCUT2D eigenvalue weighted by Crippen LogP contribution is 2.22. The first-order chi connectivity index (χ1) is 12.2. The number of imidazole rings is 1. The maximum Gasteiger partial charge on any atom is 0.220 e. The number of hydrogen-bond acceptors (Lipinski definition) is 3. The van der Waals surface area contributed by atoms with Crippen LogP contribution in [0.4, 0.5) is 0 Å². The number of nitrogens with zero attached hydrogens (tertiary/aromatic N) is 2. The van der Waals surface area contributed by atoms with Gasteiger partial charge in [0.25, 0.3) is 0 Å². The summed E-state index contributed by atoms with van der Waals surface area (Å²) in [5.41, 5.74) is 2.20. The second kappa shape index (κ2) is 8.48. The lowest BCUT2D eigenvalue weighted by molar-refractivity contribution is -0.122. The summed E-state index contributed by atoms with van der Waals surface area (Å²) in [7, 11) is 0. The van der Waals surface area contributed by atoms with Crippen molar-refractivity contribution in [1.29, 1.82) is 0 Å². The standard InChI is InChI=1S/C20H30N4O/c1-3-24-18-9-5-4-8-17(18)23-19(24)10-12-22-20(25)13-15(2)16-7-6-11-21-14-16/h4-5,8-9,15-16,21H,3,6-7,10-14H2,1-2H3,(H,22,25). The SMILES string of the molecule is CCn1c(CCNC(=O)CC(C)C2CCCNC2)nc2ccccc21. The number of para-hydroxylation sites is 2. The van der Waals surface area contributed by atoms with Gasteiger partial charge in [0, 0.05) is 25.9 Å². The van der Waals surface area contributed by atoms with E-state index in [-0.39, 0.29) is 5.91 Å². The molecule has 0 bridgehead atoms. The van der Waals surface area contributed by atoms with Gasteiger partial charge in [-0.3, -0.25) is 4.79 Å². The number of carbonyl (C=O) groups is 1. The molecule has 0 saturated carbocycles. The van der Waals surface area contributed by atoms with Crippen molar-refractivity contribution in [2.45, 2.75) is 46.1 Å². The first-order valence-corrected chi connectivity index (χ1v) is 9.60. The molecule has 1 aromatic heterocycles. The number of amides is 1. The first-order valence-electron chi connectivity index (χ1n) is 9.60. The Bertz CT molecular complexity index is 703. The van der Waals surface area contributed by atoms with Crippen LogP contribution in [0.3, 0.4) is 0 Å². The van der Waals surface area contributed by atoms with E-state index in [0.717, 1.165) is 37.4 Å². The first kappa shape index (κ1) is 17.9. The van der Waals surface area contributed by atoms with Gasteiger partial charge in [-0.05, 0) is 56.8 Å². The number of hydrogen-bond donors (Lipinski definition) is 2. The van der Waals surface area contributed by atoms with Gasteiger partial charge >= 0.3 is 0 Å². The maximum atomic E-state index is 12.3. The number of aromatic nitrogens is 2. The molecule has 0 aliphatic carbocycles. The summed E-state index contributed by atoms with van der Waals surface area (Å²) >= 11 is 0. The van der Waals surface area contributed by atoms with Crippen LogP contribution >= 0.6 is 0 Å². The molecule has 2 heterocycles. The third-order valence-corrected chi connectivity index (χ3v) is 5.37. The zero-order valence-corrected chi connectivity index (χ0v) is 15.4. The van der Waals surface area contributed by atoms with E-state index in [4.69, 9.17) is 4.98 Å². The van der Waals surface area contributed by atoms with E-state index >= 15 is 0 Å². The van der Waals surface area contributed by atoms with Gasteiger partial charge in [-0.1, -0.05) is 19.1 Å². The summed E-state index contributed by atoms with van der Waals surface area (Å²) in [6.45, 7) is 8.06. The van der Waals surface area contributed by atoms with Crippen LogP contribution < -0.4 is 10.6 Å². The van der Waals surface area contributed by atoms with Crippen LogP contribution in [-0.4, -0.2) is 35.1 Å². The average Bonchev–Trinajstić information content (AvgIpc) is 2.99. The fourth-order valence-electron chi connectivity index (χ4n) is 3.88. The van der Waals surface area contributed by atoms with Gasteiger partial charge in [-0.25, -0.2) is 4.98 Å². The van der Waals surface area contributed by atoms with Crippen LogP contribution in [0.25, 0.3) is 11.0 Å². The second-order valence-electron chi connectivity index (χ2n) is 7.15. The number of benzene rings is 1. The van der Waals surface area contributed by atoms with Gasteiger partial charge in [0.15, 0.2) is 0 Å². The fraction of sp³-hybridized carbons (Fsp3) is 0.600. The zero-order chi connectivity index (χ0) is 17.6. The molecule has 0 radical (unpaired) electrons. The third kappa shape index (κ3) is 4.40. The predicted octanol–water partition coefficient (Wildman–Crippen LogP) is 2.74. The molecule has 1 amide bonds. The summed E-state index contributed by atoms with van der Waals surface area (Å²) in [6.07, 6.45) is 3.86. The van der Waals surface area contributed by atoms with Gasteiger partial charge in [0.1, 0.15) is 5.82 Å². The lowest BCUT2D eigenvalue weighted by Crippen LogP contribution is -2.36. The van der Waals surface area contributed by atoms with Gasteiger partial charge in [0.2, 0.25) is 5.91 Å². The molecule has 2 N–H and O–H groups in total. The molecule has 136 valence electrons. The lowest BCUT2D eigenvalue weighted by Gasteiger charge is -2.28. The van der Waals surface area contributed by atoms with E-state index in [1.807, 2.05) is 18.2 Å². The van der Waals surface area contributed by atoms with Gasteiger partial charge in [-0.15, -0.1) is 0 Å². The number of rotatable bonds is 7. The molecule has 1 saturated heterocycles. The largest absolute Gasteiger partial charge is 0.356 e. The van der Waals surface area contributed by atoms with Gasteiger partial charge < -0.3 is 15.2 Å². The molecule has 1 aromatic carbocycles. The molecule has 1 aliphatic rings. The molecule has 0 spiro atoms. The molecule has 3 rings (SSSR count). The Morgan fingerprint density at radius 1 is 1.44 bits per heavy atom. The smallest absolute Gasteiger partial charge is 0.220 e. The summed E-state index contributed by atoms with van der Waals surface area (Å²) in [5, 5.41) is 6.52. The van der Waals surface area contributed by atoms with Crippen molar-refractivity contribution in [3.05, 3.63) is 30.1 Å². The third-order valence-electron chi connectivity index (χ3n) is 5.37. The van der Waals surface area contributed by atoms with Crippen molar-refractivity contribution < 1.29 is 4.79 Å². The van der Waals surface area contributed by atoms with Crippen molar-refractivity contribution in [3.8, 4) is 0 Å². The highest BCUT2D eigenvalue weighted by atomic mass is 16.1. The normalized spacial score (nSPS) is 19.0. The molecular formula is C20H30N4O. The number of carbonyl (C=O) groups excluding carboxylic acids is 1. The van der Waals surface area contributed by atoms with E-state index in [0.29, 0.717) is 24.8 Å². The highest BCUT2D eigenvalue weighted by Gasteiger charge is 2.21. The van der Waals surface area contributed by atoms with E-state index in [1.165, 1.54) is 18.4 Å². The van der Waals surface area contributed by atoms with Crippen LogP contribution in [0, 0.1) is 11.8 Å². The summed E-state index contributed by atoms with van der Waals surface area (Å²) in [6, 6.07) is 8.21. The quantitative estimate of drug-likeness (QED) is 0.813. The molecule has 1 fully saturated rings. The topological polar surface area (TPSA) is 59.0 Å². The lowest BCUT2D eigenvalue weighted by atomic mass is 9.85. The zero-order valence-electron chi connectivity index (χ0n) is 15.4. The molecular weight excluding hydrogens is 312 g/mol. The van der Waals surface area contributed by atoms with Crippen molar-refractivity contribution in [1.82, 2.24) is 20.2 Å². The molecule has 2 aromatic rings. The van der Waals surface area contributed by atoms with Crippen molar-refractivity contribution in [3.63, 3.8) is 0 Å². The minimum Gasteiger partial charge on any atom is -0.356 e. The Kier molecular flexibility index (Phi) is 6.08. The molecule has 1 aliphatic heterocycles. The molecule has 25 heavy (non-hydrogen) atoms. The number of fused-ring (bicyclic) bond motifs is 1. The van der Waals surface area contributed by atoms with E-state index in [9.17, 15) is 4.79 Å². The summed E-state index contributed by atoms with van der Waals surface area (Å²) in [5.74, 6) is 2.28. The fourth-order valence-corrected chi connectivity index (χ4v) is 3.88. The summed E-state index contributed by atoms with van der Waals surface area (Å²) in [4.78, 5) is 17.0. The van der Waals surface area contributed by atoms with E-state index in [1.54, 1.807) is 0 Å². The van der Waals surface area contributed by atoms with E-state index in [2.05, 4.69) is 35.1 Å². The van der Waals surface area contributed by atoms with Gasteiger partial charge in [-0.2, -0.15) is 0 Å². The molecule has 5 heteroatoms. The van der Waals surface area contributed by atoms with Crippen molar-refractivity contribution in [2.75, 3.05) is 19.6 Å². The second-order valence-corrected chi connectivity index (χ2v) is 7.15. The Morgan fingerprint density at radius 2 is 2.28 bits per heavy atom. The Hall–Kier alpha value is -1.88. The van der Waals surface area contributed by atoms with Crippen LogP contribution in [0.2, 0.25) is 0 Å². The number of piperidine rings is 1. The number of aryl methyl sites for hydroxylation is 1. The van der Waals surface area contributed by atoms with Crippen LogP contribution in [0.5, 0.6) is 0 Å². The minimum atomic E-state index is 0.164. The Balaban J connectivity index is 1.50. The summed E-state index contributed by atoms with van der Waals surface area (Å²) < 4.78 is 2.23. The molecule has 2 unspecified atom stereocenters. The van der Waals surface area contributed by atoms with Crippen molar-refractivity contribution >= 4 is 16.9 Å². The van der Waals surface area contributed by atoms with Crippen LogP contribution in [0.1, 0.15) is 38.9 Å². The molecule has 2 atom stereocenters. The predicted molar refractivity (Wildman–Crippen MR) is 101 cm³/mol. The van der Waals surface area contributed by atoms with E-state index < -0.39 is 0 Å². The van der Waals surface area contributed by atoms with Gasteiger partial charge in [0.05, 0.1) is 11.0 Å². The maximum absolute atomic E-state index is 12.3. The average molecular weight is 342 g/mol. The molecule has 5 nitrogen and oxygen atoms in total. The Morgan fingerprint density at radius 3 is 3.04 bits per heavy atom. The highest BCUT2D eigenvalue weighted by molar-refractivity contribution is 5.77. The monoisotopic (exact) mass is 342 g/mol. The Labute approximate surface area is 150 Å². The van der Waals surface area contributed by atoms with Crippen molar-refractivity contribution in [2.24, 2.45) is 11.8 Å². The van der Waals surface area contributed by atoms with Crippen LogP contribution in [-0.2, 0) is 17.8 Å². The number of nitrogens with one attached hydrogen (secondary N) is 2. The van der Waals surface area contributed by atoms with Crippen LogP contribution in [0.15, 0.2) is 24.3 Å².